The van der Waals surface area contributed by atoms with Gasteiger partial charge in [0, 0.05) is 45.7 Å². The van der Waals surface area contributed by atoms with Crippen molar-refractivity contribution in [2.45, 2.75) is 25.7 Å². The molecule has 0 saturated carbocycles. The minimum Gasteiger partial charge on any atom is -0.340 e. The van der Waals surface area contributed by atoms with Crippen molar-refractivity contribution in [1.29, 1.82) is 0 Å². The Morgan fingerprint density at radius 1 is 0.840 bits per heavy atom. The second kappa shape index (κ2) is 9.73. The number of likely N-dealkylation sites (tertiary alicyclic amines) is 1. The van der Waals surface area contributed by atoms with Crippen LogP contribution in [0.1, 0.15) is 31.2 Å². The first-order chi connectivity index (χ1) is 12.3. The third-order valence-electron chi connectivity index (χ3n) is 5.29. The monoisotopic (exact) mass is 341 g/mol. The Hall–Kier alpha value is -1.65. The molecule has 0 radical (unpaired) electrons. The summed E-state index contributed by atoms with van der Waals surface area (Å²) in [5.74, 6) is 0.326. The molecule has 2 aliphatic heterocycles. The van der Waals surface area contributed by atoms with Gasteiger partial charge in [-0.25, -0.2) is 0 Å². The normalized spacial score (nSPS) is 21.0. The van der Waals surface area contributed by atoms with Crippen molar-refractivity contribution < 1.29 is 4.79 Å². The number of carbonyl (C=O) groups is 1. The molecule has 2 heterocycles. The number of hydrogen-bond acceptors (Lipinski definition) is 3. The van der Waals surface area contributed by atoms with Gasteiger partial charge in [-0.2, -0.15) is 0 Å². The second-order valence-corrected chi connectivity index (χ2v) is 7.15. The molecule has 2 fully saturated rings. The van der Waals surface area contributed by atoms with Crippen LogP contribution in [0.25, 0.3) is 6.08 Å². The van der Waals surface area contributed by atoms with Crippen molar-refractivity contribution in [3.05, 3.63) is 42.0 Å². The Labute approximate surface area is 152 Å². The summed E-state index contributed by atoms with van der Waals surface area (Å²) in [5.41, 5.74) is 1.23. The van der Waals surface area contributed by atoms with Crippen LogP contribution < -0.4 is 0 Å². The van der Waals surface area contributed by atoms with Gasteiger partial charge in [0.1, 0.15) is 0 Å². The maximum Gasteiger partial charge on any atom is 0.223 e. The summed E-state index contributed by atoms with van der Waals surface area (Å²) in [7, 11) is 0. The zero-order valence-corrected chi connectivity index (χ0v) is 15.3. The van der Waals surface area contributed by atoms with Gasteiger partial charge >= 0.3 is 0 Å². The summed E-state index contributed by atoms with van der Waals surface area (Å²) < 4.78 is 0. The highest BCUT2D eigenvalue weighted by Gasteiger charge is 2.21. The molecule has 1 amide bonds. The van der Waals surface area contributed by atoms with Crippen LogP contribution >= 0.6 is 0 Å². The molecule has 0 spiro atoms. The Morgan fingerprint density at radius 3 is 2.44 bits per heavy atom. The van der Waals surface area contributed by atoms with E-state index >= 15 is 0 Å². The Balaban J connectivity index is 1.42. The van der Waals surface area contributed by atoms with Gasteiger partial charge < -0.3 is 9.80 Å². The van der Waals surface area contributed by atoms with Crippen LogP contribution in [0.4, 0.5) is 0 Å². The lowest BCUT2D eigenvalue weighted by Gasteiger charge is -2.29. The van der Waals surface area contributed by atoms with Crippen molar-refractivity contribution in [2.75, 3.05) is 52.4 Å². The van der Waals surface area contributed by atoms with Gasteiger partial charge in [0.25, 0.3) is 0 Å². The summed E-state index contributed by atoms with van der Waals surface area (Å²) in [6, 6.07) is 10.4. The van der Waals surface area contributed by atoms with Crippen molar-refractivity contribution in [3.8, 4) is 0 Å². The van der Waals surface area contributed by atoms with E-state index in [1.54, 1.807) is 0 Å². The maximum atomic E-state index is 12.4. The largest absolute Gasteiger partial charge is 0.340 e. The number of amides is 1. The molecule has 1 aromatic rings. The van der Waals surface area contributed by atoms with Gasteiger partial charge in [-0.05, 0) is 31.5 Å². The first-order valence-electron chi connectivity index (χ1n) is 9.75. The SMILES string of the molecule is O=C1CCN(C/C=C/c2ccccc2)CCN1CCN1CCCCC1. The molecule has 0 bridgehead atoms. The molecule has 4 heteroatoms. The predicted molar refractivity (Wildman–Crippen MR) is 103 cm³/mol. The molecule has 0 aliphatic carbocycles. The minimum atomic E-state index is 0.326. The Bertz CT molecular complexity index is 552. The van der Waals surface area contributed by atoms with Gasteiger partial charge in [0.05, 0.1) is 0 Å². The van der Waals surface area contributed by atoms with Crippen molar-refractivity contribution in [2.24, 2.45) is 0 Å². The van der Waals surface area contributed by atoms with Crippen LogP contribution in [0.2, 0.25) is 0 Å². The third-order valence-corrected chi connectivity index (χ3v) is 5.29. The third kappa shape index (κ3) is 5.98. The zero-order valence-electron chi connectivity index (χ0n) is 15.3. The summed E-state index contributed by atoms with van der Waals surface area (Å²) in [6.07, 6.45) is 9.03. The average molecular weight is 341 g/mol. The first-order valence-corrected chi connectivity index (χ1v) is 9.75. The predicted octanol–water partition coefficient (Wildman–Crippen LogP) is 2.72. The van der Waals surface area contributed by atoms with Crippen LogP contribution in [0, 0.1) is 0 Å². The number of hydrogen-bond donors (Lipinski definition) is 0. The fourth-order valence-electron chi connectivity index (χ4n) is 3.68. The van der Waals surface area contributed by atoms with E-state index in [4.69, 9.17) is 0 Å². The molecule has 0 atom stereocenters. The van der Waals surface area contributed by atoms with E-state index in [-0.39, 0.29) is 0 Å². The molecular formula is C21H31N3O. The summed E-state index contributed by atoms with van der Waals surface area (Å²) in [4.78, 5) is 19.4. The molecule has 3 rings (SSSR count). The van der Waals surface area contributed by atoms with Gasteiger partial charge in [-0.1, -0.05) is 48.9 Å². The molecule has 0 unspecified atom stereocenters. The van der Waals surface area contributed by atoms with E-state index in [1.807, 2.05) is 6.07 Å². The smallest absolute Gasteiger partial charge is 0.223 e. The van der Waals surface area contributed by atoms with Crippen LogP contribution in [0.15, 0.2) is 36.4 Å². The fourth-order valence-corrected chi connectivity index (χ4v) is 3.68. The van der Waals surface area contributed by atoms with Crippen molar-refractivity contribution in [1.82, 2.24) is 14.7 Å². The molecule has 136 valence electrons. The van der Waals surface area contributed by atoms with Gasteiger partial charge in [-0.3, -0.25) is 9.69 Å². The molecule has 4 nitrogen and oxygen atoms in total. The summed E-state index contributed by atoms with van der Waals surface area (Å²) in [6.45, 7) is 7.99. The highest BCUT2D eigenvalue weighted by atomic mass is 16.2. The molecule has 25 heavy (non-hydrogen) atoms. The number of piperidine rings is 1. The second-order valence-electron chi connectivity index (χ2n) is 7.15. The van der Waals surface area contributed by atoms with Crippen LogP contribution in [-0.4, -0.2) is 73.0 Å². The zero-order chi connectivity index (χ0) is 17.3. The van der Waals surface area contributed by atoms with E-state index in [1.165, 1.54) is 37.9 Å². The van der Waals surface area contributed by atoms with Crippen LogP contribution in [0.3, 0.4) is 0 Å². The molecular weight excluding hydrogens is 310 g/mol. The van der Waals surface area contributed by atoms with Crippen molar-refractivity contribution >= 4 is 12.0 Å². The Kier molecular flexibility index (Phi) is 7.07. The first kappa shape index (κ1) is 18.2. The van der Waals surface area contributed by atoms with Crippen molar-refractivity contribution in [3.63, 3.8) is 0 Å². The number of benzene rings is 1. The maximum absolute atomic E-state index is 12.4. The Morgan fingerprint density at radius 2 is 1.64 bits per heavy atom. The van der Waals surface area contributed by atoms with E-state index < -0.39 is 0 Å². The van der Waals surface area contributed by atoms with Gasteiger partial charge in [0.15, 0.2) is 0 Å². The molecule has 0 N–H and O–H groups in total. The quantitative estimate of drug-likeness (QED) is 0.796. The van der Waals surface area contributed by atoms with E-state index in [0.29, 0.717) is 12.3 Å². The summed E-state index contributed by atoms with van der Waals surface area (Å²) in [5, 5.41) is 0. The van der Waals surface area contributed by atoms with E-state index in [9.17, 15) is 4.79 Å². The minimum absolute atomic E-state index is 0.326. The lowest BCUT2D eigenvalue weighted by atomic mass is 10.1. The van der Waals surface area contributed by atoms with E-state index in [0.717, 1.165) is 39.3 Å². The molecule has 2 saturated heterocycles. The number of nitrogens with zero attached hydrogens (tertiary/aromatic N) is 3. The standard InChI is InChI=1S/C21H31N3O/c25-21-11-15-23(14-7-10-20-8-3-1-4-9-20)17-19-24(21)18-16-22-12-5-2-6-13-22/h1,3-4,7-10H,2,5-6,11-19H2/b10-7+. The molecule has 1 aromatic carbocycles. The van der Waals surface area contributed by atoms with E-state index in [2.05, 4.69) is 51.1 Å². The fraction of sp³-hybridized carbons (Fsp3) is 0.571. The average Bonchev–Trinajstić information content (AvgIpc) is 2.84. The lowest BCUT2D eigenvalue weighted by molar-refractivity contribution is -0.130. The van der Waals surface area contributed by atoms with Crippen LogP contribution in [0.5, 0.6) is 0 Å². The van der Waals surface area contributed by atoms with Crippen LogP contribution in [-0.2, 0) is 4.79 Å². The lowest BCUT2D eigenvalue weighted by Crippen LogP contribution is -2.41. The topological polar surface area (TPSA) is 26.8 Å². The number of carbonyl (C=O) groups excluding carboxylic acids is 1. The number of rotatable bonds is 6. The summed E-state index contributed by atoms with van der Waals surface area (Å²) >= 11 is 0. The van der Waals surface area contributed by atoms with Gasteiger partial charge in [-0.15, -0.1) is 0 Å². The van der Waals surface area contributed by atoms with Gasteiger partial charge in [0.2, 0.25) is 5.91 Å². The highest BCUT2D eigenvalue weighted by molar-refractivity contribution is 5.76. The highest BCUT2D eigenvalue weighted by Crippen LogP contribution is 2.10. The molecule has 0 aromatic heterocycles. The molecule has 2 aliphatic rings.